The van der Waals surface area contributed by atoms with Gasteiger partial charge in [0, 0.05) is 42.2 Å². The van der Waals surface area contributed by atoms with E-state index in [9.17, 15) is 4.79 Å². The van der Waals surface area contributed by atoms with Crippen LogP contribution in [0.3, 0.4) is 0 Å². The van der Waals surface area contributed by atoms with E-state index in [1.807, 2.05) is 17.0 Å². The molecule has 1 amide bonds. The van der Waals surface area contributed by atoms with Crippen molar-refractivity contribution in [1.29, 1.82) is 0 Å². The van der Waals surface area contributed by atoms with Crippen molar-refractivity contribution in [2.75, 3.05) is 45.8 Å². The Balaban J connectivity index is 1.48. The van der Waals surface area contributed by atoms with Gasteiger partial charge in [-0.25, -0.2) is 0 Å². The van der Waals surface area contributed by atoms with Crippen LogP contribution in [0.15, 0.2) is 22.7 Å². The van der Waals surface area contributed by atoms with Crippen LogP contribution in [-0.2, 0) is 11.3 Å². The summed E-state index contributed by atoms with van der Waals surface area (Å²) in [5.74, 6) is 0.284. The Bertz CT molecular complexity index is 555. The lowest BCUT2D eigenvalue weighted by Crippen LogP contribution is -2.50. The van der Waals surface area contributed by atoms with E-state index in [4.69, 9.17) is 11.6 Å². The van der Waals surface area contributed by atoms with E-state index >= 15 is 0 Å². The Hall–Kier alpha value is -0.620. The average molecular weight is 401 g/mol. The van der Waals surface area contributed by atoms with Crippen molar-refractivity contribution in [3.05, 3.63) is 33.3 Å². The fourth-order valence-corrected chi connectivity index (χ4v) is 3.88. The van der Waals surface area contributed by atoms with Crippen LogP contribution in [-0.4, -0.2) is 66.4 Å². The van der Waals surface area contributed by atoms with Crippen LogP contribution >= 0.6 is 27.5 Å². The molecule has 0 aromatic heterocycles. The van der Waals surface area contributed by atoms with E-state index in [1.54, 1.807) is 0 Å². The van der Waals surface area contributed by atoms with Gasteiger partial charge in [0.2, 0.25) is 5.91 Å². The normalized spacial score (nSPS) is 20.2. The zero-order valence-electron chi connectivity index (χ0n) is 13.3. The average Bonchev–Trinajstić information content (AvgIpc) is 3.04. The number of carbonyl (C=O) groups excluding carboxylic acids is 1. The molecule has 1 aromatic carbocycles. The minimum absolute atomic E-state index is 0.284. The van der Waals surface area contributed by atoms with Gasteiger partial charge in [-0.15, -0.1) is 0 Å². The van der Waals surface area contributed by atoms with E-state index in [2.05, 4.69) is 31.8 Å². The number of likely N-dealkylation sites (tertiary alicyclic amines) is 1. The van der Waals surface area contributed by atoms with Crippen molar-refractivity contribution in [2.24, 2.45) is 0 Å². The fraction of sp³-hybridized carbons (Fsp3) is 0.588. The smallest absolute Gasteiger partial charge is 0.236 e. The minimum atomic E-state index is 0.284. The summed E-state index contributed by atoms with van der Waals surface area (Å²) >= 11 is 9.77. The molecule has 2 aliphatic rings. The van der Waals surface area contributed by atoms with Crippen molar-refractivity contribution in [1.82, 2.24) is 14.7 Å². The highest BCUT2D eigenvalue weighted by Crippen LogP contribution is 2.23. The first-order chi connectivity index (χ1) is 11.1. The molecule has 4 nitrogen and oxygen atoms in total. The lowest BCUT2D eigenvalue weighted by Gasteiger charge is -2.35. The molecule has 0 N–H and O–H groups in total. The molecule has 2 saturated heterocycles. The molecule has 1 aromatic rings. The zero-order valence-corrected chi connectivity index (χ0v) is 15.7. The van der Waals surface area contributed by atoms with Crippen molar-refractivity contribution < 1.29 is 4.79 Å². The molecule has 0 spiro atoms. The summed E-state index contributed by atoms with van der Waals surface area (Å²) < 4.78 is 1.05. The second-order valence-electron chi connectivity index (χ2n) is 6.38. The van der Waals surface area contributed by atoms with Gasteiger partial charge in [-0.1, -0.05) is 27.5 Å². The van der Waals surface area contributed by atoms with Gasteiger partial charge in [-0.05, 0) is 49.7 Å². The molecule has 0 aliphatic carbocycles. The molecule has 2 heterocycles. The second-order valence-corrected chi connectivity index (χ2v) is 7.70. The van der Waals surface area contributed by atoms with Crippen molar-refractivity contribution >= 4 is 33.4 Å². The summed E-state index contributed by atoms with van der Waals surface area (Å²) in [5.41, 5.74) is 1.14. The van der Waals surface area contributed by atoms with E-state index < -0.39 is 0 Å². The second kappa shape index (κ2) is 7.97. The summed E-state index contributed by atoms with van der Waals surface area (Å²) in [6, 6.07) is 5.96. The first kappa shape index (κ1) is 17.2. The van der Waals surface area contributed by atoms with Gasteiger partial charge in [-0.2, -0.15) is 0 Å². The maximum atomic E-state index is 12.4. The maximum Gasteiger partial charge on any atom is 0.236 e. The van der Waals surface area contributed by atoms with Gasteiger partial charge < -0.3 is 4.90 Å². The van der Waals surface area contributed by atoms with Gasteiger partial charge in [0.15, 0.2) is 0 Å². The maximum absolute atomic E-state index is 12.4. The Morgan fingerprint density at radius 1 is 1.04 bits per heavy atom. The monoisotopic (exact) mass is 399 g/mol. The summed E-state index contributed by atoms with van der Waals surface area (Å²) in [7, 11) is 0. The first-order valence-corrected chi connectivity index (χ1v) is 9.45. The zero-order chi connectivity index (χ0) is 16.2. The number of benzene rings is 1. The fourth-order valence-electron chi connectivity index (χ4n) is 3.29. The van der Waals surface area contributed by atoms with E-state index in [0.717, 1.165) is 60.9 Å². The highest BCUT2D eigenvalue weighted by Gasteiger charge is 2.24. The van der Waals surface area contributed by atoms with Crippen LogP contribution in [0.4, 0.5) is 0 Å². The highest BCUT2D eigenvalue weighted by atomic mass is 79.9. The number of nitrogens with zero attached hydrogens (tertiary/aromatic N) is 3. The third-order valence-electron chi connectivity index (χ3n) is 4.68. The largest absolute Gasteiger partial charge is 0.339 e. The summed E-state index contributed by atoms with van der Waals surface area (Å²) in [6.07, 6.45) is 2.46. The van der Waals surface area contributed by atoms with Gasteiger partial charge >= 0.3 is 0 Å². The molecule has 0 bridgehead atoms. The number of halogens is 2. The predicted octanol–water partition coefficient (Wildman–Crippen LogP) is 2.84. The molecule has 3 rings (SSSR count). The van der Waals surface area contributed by atoms with E-state index in [1.165, 1.54) is 12.8 Å². The molecular weight excluding hydrogens is 378 g/mol. The first-order valence-electron chi connectivity index (χ1n) is 8.28. The number of amides is 1. The molecule has 23 heavy (non-hydrogen) atoms. The molecule has 126 valence electrons. The number of piperazine rings is 1. The molecule has 0 atom stereocenters. The van der Waals surface area contributed by atoms with Crippen molar-refractivity contribution in [2.45, 2.75) is 19.4 Å². The number of rotatable bonds is 4. The van der Waals surface area contributed by atoms with Gasteiger partial charge in [-0.3, -0.25) is 14.6 Å². The quantitative estimate of drug-likeness (QED) is 0.777. The Morgan fingerprint density at radius 3 is 2.43 bits per heavy atom. The molecule has 0 saturated carbocycles. The van der Waals surface area contributed by atoms with Crippen LogP contribution in [0.1, 0.15) is 18.4 Å². The Kier molecular flexibility index (Phi) is 5.96. The molecule has 2 fully saturated rings. The van der Waals surface area contributed by atoms with Crippen LogP contribution < -0.4 is 0 Å². The van der Waals surface area contributed by atoms with Gasteiger partial charge in [0.05, 0.1) is 6.54 Å². The van der Waals surface area contributed by atoms with Crippen molar-refractivity contribution in [3.8, 4) is 0 Å². The SMILES string of the molecule is O=C(CN1CCCC1)N1CCN(Cc2cc(Br)ccc2Cl)CC1. The van der Waals surface area contributed by atoms with Crippen molar-refractivity contribution in [3.63, 3.8) is 0 Å². The van der Waals surface area contributed by atoms with E-state index in [-0.39, 0.29) is 5.91 Å². The Labute approximate surface area is 151 Å². The number of carbonyl (C=O) groups is 1. The topological polar surface area (TPSA) is 26.8 Å². The van der Waals surface area contributed by atoms with Crippen LogP contribution in [0, 0.1) is 0 Å². The van der Waals surface area contributed by atoms with E-state index in [0.29, 0.717) is 6.54 Å². The van der Waals surface area contributed by atoms with Crippen LogP contribution in [0.25, 0.3) is 0 Å². The minimum Gasteiger partial charge on any atom is -0.339 e. The molecule has 2 aliphatic heterocycles. The summed E-state index contributed by atoms with van der Waals surface area (Å²) in [4.78, 5) is 19.0. The number of hydrogen-bond donors (Lipinski definition) is 0. The lowest BCUT2D eigenvalue weighted by atomic mass is 10.2. The molecule has 0 radical (unpaired) electrons. The lowest BCUT2D eigenvalue weighted by molar-refractivity contribution is -0.134. The predicted molar refractivity (Wildman–Crippen MR) is 96.7 cm³/mol. The third kappa shape index (κ3) is 4.69. The van der Waals surface area contributed by atoms with Crippen LogP contribution in [0.2, 0.25) is 5.02 Å². The highest BCUT2D eigenvalue weighted by molar-refractivity contribution is 9.10. The Morgan fingerprint density at radius 2 is 1.74 bits per heavy atom. The number of hydrogen-bond acceptors (Lipinski definition) is 3. The molecule has 0 unspecified atom stereocenters. The summed E-state index contributed by atoms with van der Waals surface area (Å²) in [6.45, 7) is 7.05. The standard InChI is InChI=1S/C17H23BrClN3O/c18-15-3-4-16(19)14(11-15)12-21-7-9-22(10-8-21)17(23)13-20-5-1-2-6-20/h3-4,11H,1-2,5-10,12-13H2. The van der Waals surface area contributed by atoms with Gasteiger partial charge in [0.1, 0.15) is 0 Å². The van der Waals surface area contributed by atoms with Crippen LogP contribution in [0.5, 0.6) is 0 Å². The third-order valence-corrected chi connectivity index (χ3v) is 5.55. The molecule has 6 heteroatoms. The molecular formula is C17H23BrClN3O. The van der Waals surface area contributed by atoms with Gasteiger partial charge in [0.25, 0.3) is 0 Å². The summed E-state index contributed by atoms with van der Waals surface area (Å²) in [5, 5.41) is 0.806.